The zero-order valence-electron chi connectivity index (χ0n) is 7.25. The molecule has 3 nitrogen and oxygen atoms in total. The van der Waals surface area contributed by atoms with Crippen LogP contribution in [0.5, 0.6) is 0 Å². The molecule has 12 heavy (non-hydrogen) atoms. The summed E-state index contributed by atoms with van der Waals surface area (Å²) in [5.41, 5.74) is 5.58. The van der Waals surface area contributed by atoms with Crippen molar-refractivity contribution in [3.05, 3.63) is 0 Å². The molecule has 0 spiro atoms. The zero-order valence-corrected chi connectivity index (χ0v) is 7.25. The lowest BCUT2D eigenvalue weighted by atomic mass is 10.2. The maximum Gasteiger partial charge on any atom is 0.224 e. The highest BCUT2D eigenvalue weighted by atomic mass is 16.2. The second-order valence-corrected chi connectivity index (χ2v) is 4.00. The molecule has 0 aromatic heterocycles. The SMILES string of the molecule is NC1CC1C(=O)NC1CCCC1. The molecular formula is C9H16N2O. The lowest BCUT2D eigenvalue weighted by Gasteiger charge is -2.10. The van der Waals surface area contributed by atoms with Crippen molar-refractivity contribution < 1.29 is 4.79 Å². The van der Waals surface area contributed by atoms with Crippen molar-refractivity contribution in [3.63, 3.8) is 0 Å². The third kappa shape index (κ3) is 1.61. The highest BCUT2D eigenvalue weighted by Crippen LogP contribution is 2.28. The van der Waals surface area contributed by atoms with Gasteiger partial charge in [-0.2, -0.15) is 0 Å². The summed E-state index contributed by atoms with van der Waals surface area (Å²) in [6, 6.07) is 0.594. The molecule has 3 heteroatoms. The fourth-order valence-corrected chi connectivity index (χ4v) is 1.89. The molecule has 2 unspecified atom stereocenters. The van der Waals surface area contributed by atoms with E-state index >= 15 is 0 Å². The van der Waals surface area contributed by atoms with Crippen molar-refractivity contribution in [2.75, 3.05) is 0 Å². The molecule has 2 saturated carbocycles. The summed E-state index contributed by atoms with van der Waals surface area (Å²) in [5, 5.41) is 3.05. The van der Waals surface area contributed by atoms with E-state index in [2.05, 4.69) is 5.32 Å². The molecule has 2 rings (SSSR count). The molecular weight excluding hydrogens is 152 g/mol. The van der Waals surface area contributed by atoms with Crippen LogP contribution in [-0.4, -0.2) is 18.0 Å². The van der Waals surface area contributed by atoms with Crippen LogP contribution in [0.2, 0.25) is 0 Å². The van der Waals surface area contributed by atoms with Gasteiger partial charge in [-0.3, -0.25) is 4.79 Å². The van der Waals surface area contributed by atoms with Crippen LogP contribution in [0.4, 0.5) is 0 Å². The van der Waals surface area contributed by atoms with Crippen LogP contribution in [0.1, 0.15) is 32.1 Å². The quantitative estimate of drug-likeness (QED) is 0.626. The number of hydrogen-bond donors (Lipinski definition) is 2. The van der Waals surface area contributed by atoms with Crippen LogP contribution < -0.4 is 11.1 Å². The first kappa shape index (κ1) is 8.05. The van der Waals surface area contributed by atoms with Gasteiger partial charge in [-0.1, -0.05) is 12.8 Å². The number of nitrogens with one attached hydrogen (secondary N) is 1. The molecule has 2 aliphatic carbocycles. The molecule has 0 heterocycles. The summed E-state index contributed by atoms with van der Waals surface area (Å²) in [7, 11) is 0. The number of hydrogen-bond acceptors (Lipinski definition) is 2. The molecule has 0 aromatic rings. The predicted octanol–water partition coefficient (Wildman–Crippen LogP) is 0.392. The van der Waals surface area contributed by atoms with Crippen LogP contribution in [0.15, 0.2) is 0 Å². The van der Waals surface area contributed by atoms with Gasteiger partial charge in [0.1, 0.15) is 0 Å². The van der Waals surface area contributed by atoms with Gasteiger partial charge >= 0.3 is 0 Å². The first-order valence-corrected chi connectivity index (χ1v) is 4.83. The van der Waals surface area contributed by atoms with Crippen molar-refractivity contribution in [2.45, 2.75) is 44.2 Å². The Balaban J connectivity index is 1.75. The molecule has 2 aliphatic rings. The Morgan fingerprint density at radius 1 is 1.33 bits per heavy atom. The minimum absolute atomic E-state index is 0.130. The third-order valence-electron chi connectivity index (χ3n) is 2.88. The molecule has 0 saturated heterocycles. The van der Waals surface area contributed by atoms with Gasteiger partial charge in [0.15, 0.2) is 0 Å². The maximum atomic E-state index is 11.4. The second kappa shape index (κ2) is 3.05. The van der Waals surface area contributed by atoms with E-state index in [1.54, 1.807) is 0 Å². The smallest absolute Gasteiger partial charge is 0.224 e. The van der Waals surface area contributed by atoms with E-state index < -0.39 is 0 Å². The number of rotatable bonds is 2. The average Bonchev–Trinajstić information content (AvgIpc) is 2.58. The summed E-state index contributed by atoms with van der Waals surface area (Å²) < 4.78 is 0. The fourth-order valence-electron chi connectivity index (χ4n) is 1.89. The lowest BCUT2D eigenvalue weighted by molar-refractivity contribution is -0.123. The number of nitrogens with two attached hydrogens (primary N) is 1. The Morgan fingerprint density at radius 3 is 2.42 bits per heavy atom. The highest BCUT2D eigenvalue weighted by molar-refractivity contribution is 5.82. The van der Waals surface area contributed by atoms with Crippen LogP contribution in [0.3, 0.4) is 0 Å². The van der Waals surface area contributed by atoms with Crippen molar-refractivity contribution in [1.29, 1.82) is 0 Å². The summed E-state index contributed by atoms with van der Waals surface area (Å²) in [6.45, 7) is 0. The predicted molar refractivity (Wildman–Crippen MR) is 46.5 cm³/mol. The van der Waals surface area contributed by atoms with E-state index in [4.69, 9.17) is 5.73 Å². The molecule has 3 N–H and O–H groups in total. The molecule has 0 aromatic carbocycles. The van der Waals surface area contributed by atoms with E-state index in [0.29, 0.717) is 6.04 Å². The Labute approximate surface area is 72.7 Å². The van der Waals surface area contributed by atoms with Gasteiger partial charge in [0.25, 0.3) is 0 Å². The maximum absolute atomic E-state index is 11.4. The Bertz CT molecular complexity index is 187. The lowest BCUT2D eigenvalue weighted by Crippen LogP contribution is -2.35. The molecule has 0 bridgehead atoms. The number of carbonyl (C=O) groups excluding carboxylic acids is 1. The summed E-state index contributed by atoms with van der Waals surface area (Å²) in [4.78, 5) is 11.4. The van der Waals surface area contributed by atoms with Gasteiger partial charge in [0.2, 0.25) is 5.91 Å². The van der Waals surface area contributed by atoms with Crippen LogP contribution >= 0.6 is 0 Å². The summed E-state index contributed by atoms with van der Waals surface area (Å²) in [5.74, 6) is 0.319. The first-order chi connectivity index (χ1) is 5.77. The monoisotopic (exact) mass is 168 g/mol. The first-order valence-electron chi connectivity index (χ1n) is 4.83. The molecule has 0 aliphatic heterocycles. The van der Waals surface area contributed by atoms with Gasteiger partial charge < -0.3 is 11.1 Å². The van der Waals surface area contributed by atoms with Gasteiger partial charge in [-0.05, 0) is 19.3 Å². The molecule has 68 valence electrons. The molecule has 0 radical (unpaired) electrons. The van der Waals surface area contributed by atoms with E-state index in [-0.39, 0.29) is 17.9 Å². The Hall–Kier alpha value is -0.570. The van der Waals surface area contributed by atoms with Crippen LogP contribution in [-0.2, 0) is 4.79 Å². The summed E-state index contributed by atoms with van der Waals surface area (Å²) >= 11 is 0. The Morgan fingerprint density at radius 2 is 1.92 bits per heavy atom. The van der Waals surface area contributed by atoms with E-state index in [1.807, 2.05) is 0 Å². The van der Waals surface area contributed by atoms with E-state index in [1.165, 1.54) is 12.8 Å². The number of carbonyl (C=O) groups is 1. The zero-order chi connectivity index (χ0) is 8.55. The third-order valence-corrected chi connectivity index (χ3v) is 2.88. The normalized spacial score (nSPS) is 35.1. The van der Waals surface area contributed by atoms with Gasteiger partial charge in [0, 0.05) is 12.1 Å². The van der Waals surface area contributed by atoms with E-state index in [0.717, 1.165) is 19.3 Å². The summed E-state index contributed by atoms with van der Waals surface area (Å²) in [6.07, 6.45) is 5.74. The van der Waals surface area contributed by atoms with Gasteiger partial charge in [-0.25, -0.2) is 0 Å². The van der Waals surface area contributed by atoms with Crippen LogP contribution in [0.25, 0.3) is 0 Å². The average molecular weight is 168 g/mol. The van der Waals surface area contributed by atoms with Crippen molar-refractivity contribution in [1.82, 2.24) is 5.32 Å². The minimum atomic E-state index is 0.130. The van der Waals surface area contributed by atoms with E-state index in [9.17, 15) is 4.79 Å². The van der Waals surface area contributed by atoms with Crippen LogP contribution in [0, 0.1) is 5.92 Å². The topological polar surface area (TPSA) is 55.1 Å². The highest BCUT2D eigenvalue weighted by Gasteiger charge is 2.40. The molecule has 2 atom stereocenters. The Kier molecular flexibility index (Phi) is 2.05. The van der Waals surface area contributed by atoms with Gasteiger partial charge in [0.05, 0.1) is 5.92 Å². The van der Waals surface area contributed by atoms with Crippen molar-refractivity contribution >= 4 is 5.91 Å². The van der Waals surface area contributed by atoms with Crippen molar-refractivity contribution in [2.24, 2.45) is 11.7 Å². The standard InChI is InChI=1S/C9H16N2O/c10-8-5-7(8)9(12)11-6-3-1-2-4-6/h6-8H,1-5,10H2,(H,11,12). The molecule has 1 amide bonds. The fraction of sp³-hybridized carbons (Fsp3) is 0.889. The second-order valence-electron chi connectivity index (χ2n) is 4.00. The molecule has 2 fully saturated rings. The largest absolute Gasteiger partial charge is 0.353 e. The van der Waals surface area contributed by atoms with Crippen molar-refractivity contribution in [3.8, 4) is 0 Å². The number of amides is 1. The van der Waals surface area contributed by atoms with Gasteiger partial charge in [-0.15, -0.1) is 0 Å². The minimum Gasteiger partial charge on any atom is -0.353 e.